The maximum atomic E-state index is 11.3. The van der Waals surface area contributed by atoms with E-state index in [0.717, 1.165) is 45.6 Å². The van der Waals surface area contributed by atoms with Crippen molar-refractivity contribution in [2.75, 3.05) is 39.8 Å². The Bertz CT molecular complexity index is 298. The summed E-state index contributed by atoms with van der Waals surface area (Å²) in [5, 5.41) is 9.32. The van der Waals surface area contributed by atoms with Gasteiger partial charge in [0.25, 0.3) is 0 Å². The normalized spacial score (nSPS) is 35.6. The number of hydrogen-bond donors (Lipinski definition) is 1. The van der Waals surface area contributed by atoms with Crippen molar-refractivity contribution in [1.82, 2.24) is 9.80 Å². The number of carbonyl (C=O) groups is 1. The quantitative estimate of drug-likeness (QED) is 0.797. The van der Waals surface area contributed by atoms with Gasteiger partial charge in [0, 0.05) is 19.6 Å². The zero-order chi connectivity index (χ0) is 13.1. The van der Waals surface area contributed by atoms with Gasteiger partial charge >= 0.3 is 5.97 Å². The van der Waals surface area contributed by atoms with Crippen LogP contribution in [0.5, 0.6) is 0 Å². The Balaban J connectivity index is 1.91. The molecule has 3 unspecified atom stereocenters. The van der Waals surface area contributed by atoms with Crippen LogP contribution >= 0.6 is 0 Å². The van der Waals surface area contributed by atoms with Crippen LogP contribution in [-0.4, -0.2) is 72.9 Å². The monoisotopic (exact) mass is 256 g/mol. The fourth-order valence-corrected chi connectivity index (χ4v) is 2.90. The van der Waals surface area contributed by atoms with Gasteiger partial charge in [0.1, 0.15) is 6.04 Å². The third-order valence-electron chi connectivity index (χ3n) is 4.04. The van der Waals surface area contributed by atoms with Gasteiger partial charge in [-0.25, -0.2) is 0 Å². The maximum absolute atomic E-state index is 11.3. The average molecular weight is 256 g/mol. The van der Waals surface area contributed by atoms with Crippen molar-refractivity contribution < 1.29 is 14.6 Å². The van der Waals surface area contributed by atoms with Gasteiger partial charge in [0.05, 0.1) is 12.7 Å². The molecule has 18 heavy (non-hydrogen) atoms. The van der Waals surface area contributed by atoms with Gasteiger partial charge in [-0.05, 0) is 32.4 Å². The van der Waals surface area contributed by atoms with E-state index >= 15 is 0 Å². The van der Waals surface area contributed by atoms with Crippen LogP contribution in [0.4, 0.5) is 0 Å². The first-order chi connectivity index (χ1) is 8.56. The summed E-state index contributed by atoms with van der Waals surface area (Å²) in [7, 11) is 2.09. The lowest BCUT2D eigenvalue weighted by molar-refractivity contribution is -0.146. The number of likely N-dealkylation sites (N-methyl/N-ethyl adjacent to an activating group) is 1. The molecule has 0 amide bonds. The molecule has 1 N–H and O–H groups in total. The van der Waals surface area contributed by atoms with Gasteiger partial charge in [-0.1, -0.05) is 6.92 Å². The van der Waals surface area contributed by atoms with E-state index < -0.39 is 5.97 Å². The zero-order valence-corrected chi connectivity index (χ0v) is 11.3. The molecule has 5 heteroatoms. The summed E-state index contributed by atoms with van der Waals surface area (Å²) < 4.78 is 5.73. The molecule has 0 saturated carbocycles. The van der Waals surface area contributed by atoms with Crippen molar-refractivity contribution in [3.8, 4) is 0 Å². The summed E-state index contributed by atoms with van der Waals surface area (Å²) in [4.78, 5) is 15.7. The molecule has 5 nitrogen and oxygen atoms in total. The molecule has 2 aliphatic heterocycles. The molecule has 2 saturated heterocycles. The van der Waals surface area contributed by atoms with Crippen molar-refractivity contribution in [3.05, 3.63) is 0 Å². The minimum absolute atomic E-state index is 0.152. The largest absolute Gasteiger partial charge is 0.480 e. The molecule has 0 aliphatic carbocycles. The van der Waals surface area contributed by atoms with Gasteiger partial charge < -0.3 is 14.7 Å². The minimum atomic E-state index is -0.689. The Morgan fingerprint density at radius 3 is 2.89 bits per heavy atom. The van der Waals surface area contributed by atoms with Crippen LogP contribution in [-0.2, 0) is 9.53 Å². The van der Waals surface area contributed by atoms with Crippen LogP contribution in [0.2, 0.25) is 0 Å². The highest BCUT2D eigenvalue weighted by atomic mass is 16.5. The molecule has 2 aliphatic rings. The van der Waals surface area contributed by atoms with Crippen LogP contribution in [0, 0.1) is 5.92 Å². The first kappa shape index (κ1) is 13.8. The lowest BCUT2D eigenvalue weighted by atomic mass is 9.92. The number of aliphatic carboxylic acids is 1. The summed E-state index contributed by atoms with van der Waals surface area (Å²) in [6, 6.07) is -0.329. The Labute approximate surface area is 109 Å². The van der Waals surface area contributed by atoms with Crippen LogP contribution in [0.3, 0.4) is 0 Å². The summed E-state index contributed by atoms with van der Waals surface area (Å²) >= 11 is 0. The van der Waals surface area contributed by atoms with E-state index in [9.17, 15) is 9.90 Å². The van der Waals surface area contributed by atoms with Crippen LogP contribution in [0.25, 0.3) is 0 Å². The summed E-state index contributed by atoms with van der Waals surface area (Å²) in [5.41, 5.74) is 0. The van der Waals surface area contributed by atoms with E-state index in [2.05, 4.69) is 23.8 Å². The second-order valence-corrected chi connectivity index (χ2v) is 5.73. The van der Waals surface area contributed by atoms with Crippen LogP contribution in [0.1, 0.15) is 19.8 Å². The third kappa shape index (κ3) is 3.43. The van der Waals surface area contributed by atoms with Gasteiger partial charge in [0.15, 0.2) is 0 Å². The smallest absolute Gasteiger partial charge is 0.320 e. The highest BCUT2D eigenvalue weighted by molar-refractivity contribution is 5.73. The van der Waals surface area contributed by atoms with Gasteiger partial charge in [-0.15, -0.1) is 0 Å². The van der Waals surface area contributed by atoms with E-state index in [0.29, 0.717) is 5.92 Å². The number of likely N-dealkylation sites (tertiary alicyclic amines) is 1. The van der Waals surface area contributed by atoms with Gasteiger partial charge in [0.2, 0.25) is 0 Å². The van der Waals surface area contributed by atoms with Crippen molar-refractivity contribution in [1.29, 1.82) is 0 Å². The highest BCUT2D eigenvalue weighted by Gasteiger charge is 2.33. The molecule has 2 heterocycles. The Morgan fingerprint density at radius 2 is 2.22 bits per heavy atom. The first-order valence-electron chi connectivity index (χ1n) is 6.83. The first-order valence-corrected chi connectivity index (χ1v) is 6.83. The van der Waals surface area contributed by atoms with E-state index in [4.69, 9.17) is 4.74 Å². The van der Waals surface area contributed by atoms with Crippen molar-refractivity contribution in [2.24, 2.45) is 5.92 Å². The minimum Gasteiger partial charge on any atom is -0.480 e. The van der Waals surface area contributed by atoms with Crippen molar-refractivity contribution in [2.45, 2.75) is 31.9 Å². The summed E-state index contributed by atoms with van der Waals surface area (Å²) in [5.74, 6) is -0.178. The predicted molar refractivity (Wildman–Crippen MR) is 68.6 cm³/mol. The standard InChI is InChI=1S/C13H24N2O3/c1-10-3-4-15(12(7-10)13(16)17)9-11-8-14(2)5-6-18-11/h10-12H,3-9H2,1-2H3,(H,16,17). The molecule has 2 fully saturated rings. The lowest BCUT2D eigenvalue weighted by Gasteiger charge is -2.39. The number of hydrogen-bond acceptors (Lipinski definition) is 4. The van der Waals surface area contributed by atoms with E-state index in [1.165, 1.54) is 0 Å². The molecule has 104 valence electrons. The molecule has 3 atom stereocenters. The van der Waals surface area contributed by atoms with E-state index in [1.807, 2.05) is 0 Å². The van der Waals surface area contributed by atoms with E-state index in [-0.39, 0.29) is 12.1 Å². The number of morpholine rings is 1. The molecule has 0 aromatic carbocycles. The van der Waals surface area contributed by atoms with Gasteiger partial charge in [-0.3, -0.25) is 9.69 Å². The SMILES string of the molecule is CC1CCN(CC2CN(C)CCO2)C(C(=O)O)C1. The Hall–Kier alpha value is -0.650. The second-order valence-electron chi connectivity index (χ2n) is 5.73. The second kappa shape index (κ2) is 5.99. The number of carboxylic acids is 1. The molecule has 0 spiro atoms. The molecule has 2 rings (SSSR count). The fraction of sp³-hybridized carbons (Fsp3) is 0.923. The fourth-order valence-electron chi connectivity index (χ4n) is 2.90. The van der Waals surface area contributed by atoms with Crippen molar-refractivity contribution in [3.63, 3.8) is 0 Å². The molecular weight excluding hydrogens is 232 g/mol. The van der Waals surface area contributed by atoms with E-state index in [1.54, 1.807) is 0 Å². The number of piperidine rings is 1. The number of ether oxygens (including phenoxy) is 1. The molecule has 0 aromatic heterocycles. The number of rotatable bonds is 3. The number of carboxylic acid groups (broad SMARTS) is 1. The van der Waals surface area contributed by atoms with Crippen molar-refractivity contribution >= 4 is 5.97 Å². The Morgan fingerprint density at radius 1 is 1.44 bits per heavy atom. The molecule has 0 aromatic rings. The topological polar surface area (TPSA) is 53.0 Å². The van der Waals surface area contributed by atoms with Crippen LogP contribution in [0.15, 0.2) is 0 Å². The maximum Gasteiger partial charge on any atom is 0.320 e. The predicted octanol–water partition coefficient (Wildman–Crippen LogP) is 0.502. The average Bonchev–Trinajstić information content (AvgIpc) is 2.31. The molecule has 0 bridgehead atoms. The van der Waals surface area contributed by atoms with Gasteiger partial charge in [-0.2, -0.15) is 0 Å². The molecule has 0 radical (unpaired) electrons. The van der Waals surface area contributed by atoms with Crippen LogP contribution < -0.4 is 0 Å². The lowest BCUT2D eigenvalue weighted by Crippen LogP contribution is -2.53. The Kier molecular flexibility index (Phi) is 4.59. The zero-order valence-electron chi connectivity index (χ0n) is 11.3. The summed E-state index contributed by atoms with van der Waals surface area (Å²) in [6.45, 7) is 6.38. The molecular formula is C13H24N2O3. The summed E-state index contributed by atoms with van der Waals surface area (Å²) in [6.07, 6.45) is 2.00. The number of nitrogens with zero attached hydrogens (tertiary/aromatic N) is 2. The highest BCUT2D eigenvalue weighted by Crippen LogP contribution is 2.23. The third-order valence-corrected chi connectivity index (χ3v) is 4.04.